The molecule has 2 aromatic rings. The third-order valence-corrected chi connectivity index (χ3v) is 4.82. The lowest BCUT2D eigenvalue weighted by Gasteiger charge is -2.25. The quantitative estimate of drug-likeness (QED) is 0.862. The fraction of sp³-hybridized carbons (Fsp3) is 0.350. The Balaban J connectivity index is 1.64. The van der Waals surface area contributed by atoms with Crippen LogP contribution < -0.4 is 10.1 Å². The molecule has 1 N–H and O–H groups in total. The summed E-state index contributed by atoms with van der Waals surface area (Å²) in [6, 6.07) is 11.2. The first-order valence-electron chi connectivity index (χ1n) is 8.64. The number of likely N-dealkylation sites (tertiary alicyclic amines) is 1. The van der Waals surface area contributed by atoms with E-state index >= 15 is 0 Å². The fourth-order valence-corrected chi connectivity index (χ4v) is 3.51. The molecule has 1 aliphatic rings. The molecule has 2 heterocycles. The summed E-state index contributed by atoms with van der Waals surface area (Å²) in [5.74, 6) is 0.731. The number of ether oxygens (including phenoxy) is 1. The van der Waals surface area contributed by atoms with Crippen LogP contribution in [0.4, 0.5) is 0 Å². The van der Waals surface area contributed by atoms with Crippen molar-refractivity contribution in [3.05, 3.63) is 59.9 Å². The third-order valence-electron chi connectivity index (χ3n) is 4.82. The van der Waals surface area contributed by atoms with Gasteiger partial charge in [-0.3, -0.25) is 14.6 Å². The molecule has 2 amide bonds. The zero-order valence-corrected chi connectivity index (χ0v) is 15.0. The summed E-state index contributed by atoms with van der Waals surface area (Å²) in [6.07, 6.45) is 4.16. The van der Waals surface area contributed by atoms with E-state index in [0.717, 1.165) is 11.1 Å². The average Bonchev–Trinajstić information content (AvgIpc) is 2.95. The highest BCUT2D eigenvalue weighted by Gasteiger charge is 2.38. The second kappa shape index (κ2) is 7.99. The van der Waals surface area contributed by atoms with Crippen molar-refractivity contribution in [3.63, 3.8) is 0 Å². The number of aromatic nitrogens is 1. The van der Waals surface area contributed by atoms with Crippen LogP contribution in [0.5, 0.6) is 5.75 Å². The molecule has 0 spiro atoms. The lowest BCUT2D eigenvalue weighted by Crippen LogP contribution is -2.33. The Hall–Kier alpha value is -2.89. The minimum atomic E-state index is -0.0820. The molecule has 1 aromatic heterocycles. The third kappa shape index (κ3) is 3.85. The largest absolute Gasteiger partial charge is 0.496 e. The first kappa shape index (κ1) is 17.9. The Morgan fingerprint density at radius 2 is 2.12 bits per heavy atom. The average molecular weight is 353 g/mol. The van der Waals surface area contributed by atoms with Crippen LogP contribution in [0.3, 0.4) is 0 Å². The second-order valence-corrected chi connectivity index (χ2v) is 6.49. The van der Waals surface area contributed by atoms with Gasteiger partial charge in [-0.15, -0.1) is 0 Å². The summed E-state index contributed by atoms with van der Waals surface area (Å²) in [5, 5.41) is 2.97. The monoisotopic (exact) mass is 353 g/mol. The van der Waals surface area contributed by atoms with Gasteiger partial charge >= 0.3 is 0 Å². The van der Waals surface area contributed by atoms with Crippen molar-refractivity contribution in [3.8, 4) is 5.75 Å². The maximum absolute atomic E-state index is 12.4. The maximum Gasteiger partial charge on any atom is 0.224 e. The summed E-state index contributed by atoms with van der Waals surface area (Å²) >= 11 is 0. The summed E-state index contributed by atoms with van der Waals surface area (Å²) in [4.78, 5) is 30.4. The van der Waals surface area contributed by atoms with Crippen LogP contribution in [-0.2, 0) is 16.0 Å². The Bertz CT molecular complexity index is 779. The van der Waals surface area contributed by atoms with Crippen LogP contribution in [0.15, 0.2) is 48.8 Å². The number of carbonyl (C=O) groups is 2. The number of hydrogen-bond donors (Lipinski definition) is 1. The van der Waals surface area contributed by atoms with Gasteiger partial charge in [-0.25, -0.2) is 0 Å². The van der Waals surface area contributed by atoms with Crippen molar-refractivity contribution in [2.75, 3.05) is 20.7 Å². The second-order valence-electron chi connectivity index (χ2n) is 6.49. The van der Waals surface area contributed by atoms with Crippen molar-refractivity contribution >= 4 is 11.8 Å². The van der Waals surface area contributed by atoms with Gasteiger partial charge in [0.1, 0.15) is 5.75 Å². The highest BCUT2D eigenvalue weighted by Crippen LogP contribution is 2.36. The van der Waals surface area contributed by atoms with Gasteiger partial charge in [0, 0.05) is 43.9 Å². The van der Waals surface area contributed by atoms with Gasteiger partial charge < -0.3 is 15.0 Å². The summed E-state index contributed by atoms with van der Waals surface area (Å²) < 4.78 is 5.29. The van der Waals surface area contributed by atoms with E-state index in [4.69, 9.17) is 4.74 Å². The molecule has 3 rings (SSSR count). The van der Waals surface area contributed by atoms with Gasteiger partial charge in [0.25, 0.3) is 0 Å². The van der Waals surface area contributed by atoms with Gasteiger partial charge in [0.15, 0.2) is 0 Å². The Morgan fingerprint density at radius 1 is 1.31 bits per heavy atom. The zero-order chi connectivity index (χ0) is 18.5. The molecule has 26 heavy (non-hydrogen) atoms. The van der Waals surface area contributed by atoms with E-state index < -0.39 is 0 Å². The molecule has 6 heteroatoms. The molecule has 0 radical (unpaired) electrons. The predicted octanol–water partition coefficient (Wildman–Crippen LogP) is 1.97. The first-order valence-corrected chi connectivity index (χ1v) is 8.64. The minimum absolute atomic E-state index is 0.0262. The molecule has 1 fully saturated rings. The summed E-state index contributed by atoms with van der Waals surface area (Å²) in [7, 11) is 3.39. The molecule has 1 aliphatic heterocycles. The van der Waals surface area contributed by atoms with E-state index in [1.165, 1.54) is 0 Å². The smallest absolute Gasteiger partial charge is 0.224 e. The Morgan fingerprint density at radius 3 is 2.85 bits per heavy atom. The zero-order valence-electron chi connectivity index (χ0n) is 15.0. The number of amides is 2. The molecule has 0 saturated carbocycles. The fourth-order valence-electron chi connectivity index (χ4n) is 3.51. The number of benzene rings is 1. The van der Waals surface area contributed by atoms with Gasteiger partial charge in [0.2, 0.25) is 11.8 Å². The first-order chi connectivity index (χ1) is 12.6. The topological polar surface area (TPSA) is 71.5 Å². The summed E-state index contributed by atoms with van der Waals surface area (Å²) in [5.41, 5.74) is 1.83. The number of para-hydroxylation sites is 1. The molecule has 2 atom stereocenters. The van der Waals surface area contributed by atoms with E-state index in [-0.39, 0.29) is 30.2 Å². The van der Waals surface area contributed by atoms with E-state index in [1.54, 1.807) is 31.5 Å². The van der Waals surface area contributed by atoms with Gasteiger partial charge in [-0.2, -0.15) is 0 Å². The van der Waals surface area contributed by atoms with Crippen molar-refractivity contribution in [2.45, 2.75) is 18.9 Å². The molecular weight excluding hydrogens is 330 g/mol. The highest BCUT2D eigenvalue weighted by molar-refractivity contribution is 5.81. The number of pyridine rings is 1. The Labute approximate surface area is 153 Å². The Kier molecular flexibility index (Phi) is 5.51. The van der Waals surface area contributed by atoms with Crippen molar-refractivity contribution in [1.29, 1.82) is 0 Å². The van der Waals surface area contributed by atoms with E-state index in [9.17, 15) is 9.59 Å². The molecule has 0 bridgehead atoms. The van der Waals surface area contributed by atoms with Gasteiger partial charge in [-0.1, -0.05) is 24.3 Å². The van der Waals surface area contributed by atoms with Crippen LogP contribution >= 0.6 is 0 Å². The van der Waals surface area contributed by atoms with Crippen LogP contribution in [0, 0.1) is 5.92 Å². The minimum Gasteiger partial charge on any atom is -0.496 e. The van der Waals surface area contributed by atoms with Crippen LogP contribution in [0.25, 0.3) is 0 Å². The molecule has 6 nitrogen and oxygen atoms in total. The highest BCUT2D eigenvalue weighted by atomic mass is 16.5. The van der Waals surface area contributed by atoms with E-state index in [0.29, 0.717) is 18.7 Å². The maximum atomic E-state index is 12.4. The molecule has 1 aromatic carbocycles. The number of carbonyl (C=O) groups excluding carboxylic acids is 2. The molecule has 0 unspecified atom stereocenters. The van der Waals surface area contributed by atoms with Crippen LogP contribution in [0.2, 0.25) is 0 Å². The van der Waals surface area contributed by atoms with Gasteiger partial charge in [-0.05, 0) is 17.7 Å². The lowest BCUT2D eigenvalue weighted by molar-refractivity contribution is -0.127. The molecule has 0 aliphatic carbocycles. The molecular formula is C20H23N3O3. The predicted molar refractivity (Wildman–Crippen MR) is 97.6 cm³/mol. The van der Waals surface area contributed by atoms with Gasteiger partial charge in [0.05, 0.1) is 19.6 Å². The SMILES string of the molecule is COc1ccccc1CC(=O)NC[C@@H]1CC(=O)N(C)[C@H]1c1cccnc1. The number of hydrogen-bond acceptors (Lipinski definition) is 4. The van der Waals surface area contributed by atoms with Crippen LogP contribution in [-0.4, -0.2) is 42.4 Å². The normalized spacial score (nSPS) is 19.5. The van der Waals surface area contributed by atoms with Crippen molar-refractivity contribution in [2.24, 2.45) is 5.92 Å². The number of rotatable bonds is 6. The number of nitrogens with zero attached hydrogens (tertiary/aromatic N) is 2. The number of nitrogens with one attached hydrogen (secondary N) is 1. The van der Waals surface area contributed by atoms with E-state index in [1.807, 2.05) is 36.4 Å². The van der Waals surface area contributed by atoms with E-state index in [2.05, 4.69) is 10.3 Å². The van der Waals surface area contributed by atoms with Crippen LogP contribution in [0.1, 0.15) is 23.6 Å². The van der Waals surface area contributed by atoms with Crippen molar-refractivity contribution in [1.82, 2.24) is 15.2 Å². The number of methoxy groups -OCH3 is 1. The lowest BCUT2D eigenvalue weighted by atomic mass is 9.94. The summed E-state index contributed by atoms with van der Waals surface area (Å²) in [6.45, 7) is 0.448. The molecule has 1 saturated heterocycles. The standard InChI is InChI=1S/C20H23N3O3/c1-23-19(25)11-16(20(23)15-7-5-9-21-12-15)13-22-18(24)10-14-6-3-4-8-17(14)26-2/h3-9,12,16,20H,10-11,13H2,1-2H3,(H,22,24)/t16-,20-/m0/s1. The molecule has 136 valence electrons. The van der Waals surface area contributed by atoms with Crippen molar-refractivity contribution < 1.29 is 14.3 Å².